The normalized spacial score (nSPS) is 15.7. The van der Waals surface area contributed by atoms with Gasteiger partial charge in [-0.3, -0.25) is 4.99 Å². The van der Waals surface area contributed by atoms with Crippen LogP contribution in [-0.2, 0) is 15.9 Å². The van der Waals surface area contributed by atoms with Crippen molar-refractivity contribution >= 4 is 5.96 Å². The summed E-state index contributed by atoms with van der Waals surface area (Å²) >= 11 is 0. The SMILES string of the molecule is CCOCCCN=C(NCCc1ccco1)N1CCC(CCCN(C)CCOC)CC1. The standard InChI is InChI=1S/C24H44N4O3/c1-4-30-19-7-13-25-24(26-14-10-23-9-6-20-31-23)28-16-11-22(12-17-28)8-5-15-27(2)18-21-29-3/h6,9,20,22H,4-5,7-8,10-19,21H2,1-3H3,(H,25,26). The molecule has 1 aromatic rings. The van der Waals surface area contributed by atoms with Crippen molar-refractivity contribution in [3.63, 3.8) is 0 Å². The first-order chi connectivity index (χ1) is 15.2. The Labute approximate surface area is 189 Å². The van der Waals surface area contributed by atoms with Gasteiger partial charge in [0.25, 0.3) is 0 Å². The van der Waals surface area contributed by atoms with Crippen LogP contribution in [0, 0.1) is 5.92 Å². The summed E-state index contributed by atoms with van der Waals surface area (Å²) in [5, 5.41) is 3.57. The number of ether oxygens (including phenoxy) is 2. The van der Waals surface area contributed by atoms with Crippen LogP contribution in [0.15, 0.2) is 27.8 Å². The number of aliphatic imine (C=N–C) groups is 1. The van der Waals surface area contributed by atoms with E-state index < -0.39 is 0 Å². The molecule has 0 aromatic carbocycles. The van der Waals surface area contributed by atoms with Crippen LogP contribution in [0.2, 0.25) is 0 Å². The molecule has 0 unspecified atom stereocenters. The summed E-state index contributed by atoms with van der Waals surface area (Å²) in [6, 6.07) is 3.97. The molecule has 178 valence electrons. The first-order valence-electron chi connectivity index (χ1n) is 12.0. The van der Waals surface area contributed by atoms with E-state index in [0.29, 0.717) is 0 Å². The number of nitrogens with one attached hydrogen (secondary N) is 1. The number of likely N-dealkylation sites (tertiary alicyclic amines) is 1. The number of rotatable bonds is 15. The predicted octanol–water partition coefficient (Wildman–Crippen LogP) is 3.26. The molecule has 0 atom stereocenters. The smallest absolute Gasteiger partial charge is 0.193 e. The number of furan rings is 1. The number of nitrogens with zero attached hydrogens (tertiary/aromatic N) is 3. The van der Waals surface area contributed by atoms with E-state index in [1.807, 2.05) is 19.1 Å². The maximum Gasteiger partial charge on any atom is 0.193 e. The number of guanidine groups is 1. The summed E-state index contributed by atoms with van der Waals surface area (Å²) in [6.45, 7) is 10.4. The van der Waals surface area contributed by atoms with Gasteiger partial charge in [-0.2, -0.15) is 0 Å². The van der Waals surface area contributed by atoms with Crippen molar-refractivity contribution in [2.45, 2.75) is 45.4 Å². The Morgan fingerprint density at radius 3 is 2.81 bits per heavy atom. The van der Waals surface area contributed by atoms with Crippen LogP contribution >= 0.6 is 0 Å². The Morgan fingerprint density at radius 1 is 1.26 bits per heavy atom. The van der Waals surface area contributed by atoms with Gasteiger partial charge in [0.2, 0.25) is 0 Å². The molecule has 2 heterocycles. The fourth-order valence-electron chi connectivity index (χ4n) is 3.96. The Balaban J connectivity index is 1.73. The average Bonchev–Trinajstić information content (AvgIpc) is 3.30. The largest absolute Gasteiger partial charge is 0.469 e. The van der Waals surface area contributed by atoms with Gasteiger partial charge in [-0.05, 0) is 70.7 Å². The van der Waals surface area contributed by atoms with E-state index in [1.54, 1.807) is 13.4 Å². The highest BCUT2D eigenvalue weighted by Crippen LogP contribution is 2.22. The third-order valence-corrected chi connectivity index (χ3v) is 5.89. The molecule has 7 nitrogen and oxygen atoms in total. The Kier molecular flexibility index (Phi) is 13.4. The van der Waals surface area contributed by atoms with Gasteiger partial charge in [0, 0.05) is 59.5 Å². The van der Waals surface area contributed by atoms with E-state index in [2.05, 4.69) is 22.2 Å². The minimum atomic E-state index is 0.771. The lowest BCUT2D eigenvalue weighted by Crippen LogP contribution is -2.46. The van der Waals surface area contributed by atoms with Gasteiger partial charge in [0.05, 0.1) is 12.9 Å². The molecule has 0 amide bonds. The summed E-state index contributed by atoms with van der Waals surface area (Å²) in [4.78, 5) is 9.68. The van der Waals surface area contributed by atoms with Crippen LogP contribution in [0.5, 0.6) is 0 Å². The zero-order valence-electron chi connectivity index (χ0n) is 20.0. The molecule has 7 heteroatoms. The Morgan fingerprint density at radius 2 is 2.10 bits per heavy atom. The van der Waals surface area contributed by atoms with Gasteiger partial charge < -0.3 is 29.0 Å². The summed E-state index contributed by atoms with van der Waals surface area (Å²) in [6.07, 6.45) is 8.66. The van der Waals surface area contributed by atoms with Crippen LogP contribution < -0.4 is 5.32 Å². The third kappa shape index (κ3) is 11.0. The van der Waals surface area contributed by atoms with Gasteiger partial charge >= 0.3 is 0 Å². The van der Waals surface area contributed by atoms with Gasteiger partial charge in [0.1, 0.15) is 5.76 Å². The maximum absolute atomic E-state index is 5.46. The average molecular weight is 437 g/mol. The number of hydrogen-bond donors (Lipinski definition) is 1. The topological polar surface area (TPSA) is 62.5 Å². The second-order valence-electron chi connectivity index (χ2n) is 8.38. The van der Waals surface area contributed by atoms with Crippen molar-refractivity contribution in [3.05, 3.63) is 24.2 Å². The number of piperidine rings is 1. The fraction of sp³-hybridized carbons (Fsp3) is 0.792. The number of likely N-dealkylation sites (N-methyl/N-ethyl adjacent to an activating group) is 1. The molecule has 31 heavy (non-hydrogen) atoms. The van der Waals surface area contributed by atoms with E-state index in [0.717, 1.165) is 89.6 Å². The van der Waals surface area contributed by atoms with Crippen LogP contribution in [0.3, 0.4) is 0 Å². The molecule has 0 spiro atoms. The number of methoxy groups -OCH3 is 1. The first-order valence-corrected chi connectivity index (χ1v) is 12.0. The van der Waals surface area contributed by atoms with Crippen LogP contribution in [-0.4, -0.2) is 89.0 Å². The van der Waals surface area contributed by atoms with Gasteiger partial charge in [-0.25, -0.2) is 0 Å². The molecule has 1 aliphatic heterocycles. The molecule has 1 saturated heterocycles. The second-order valence-corrected chi connectivity index (χ2v) is 8.38. The van der Waals surface area contributed by atoms with E-state index in [1.165, 1.54) is 25.7 Å². The predicted molar refractivity (Wildman–Crippen MR) is 127 cm³/mol. The van der Waals surface area contributed by atoms with Gasteiger partial charge in [0.15, 0.2) is 5.96 Å². The molecular weight excluding hydrogens is 392 g/mol. The lowest BCUT2D eigenvalue weighted by atomic mass is 9.92. The van der Waals surface area contributed by atoms with E-state index in [-0.39, 0.29) is 0 Å². The zero-order chi connectivity index (χ0) is 22.2. The number of hydrogen-bond acceptors (Lipinski definition) is 5. The molecule has 0 aliphatic carbocycles. The summed E-state index contributed by atoms with van der Waals surface area (Å²) < 4.78 is 16.1. The van der Waals surface area contributed by atoms with Crippen molar-refractivity contribution < 1.29 is 13.9 Å². The molecular formula is C24H44N4O3. The maximum atomic E-state index is 5.46. The summed E-state index contributed by atoms with van der Waals surface area (Å²) in [5.74, 6) is 2.88. The molecule has 0 bridgehead atoms. The van der Waals surface area contributed by atoms with E-state index in [9.17, 15) is 0 Å². The van der Waals surface area contributed by atoms with Crippen molar-refractivity contribution in [3.8, 4) is 0 Å². The van der Waals surface area contributed by atoms with Gasteiger partial charge in [-0.15, -0.1) is 0 Å². The molecule has 0 saturated carbocycles. The van der Waals surface area contributed by atoms with Crippen LogP contribution in [0.4, 0.5) is 0 Å². The highest BCUT2D eigenvalue weighted by molar-refractivity contribution is 5.80. The Bertz CT molecular complexity index is 571. The van der Waals surface area contributed by atoms with Crippen molar-refractivity contribution in [1.82, 2.24) is 15.1 Å². The third-order valence-electron chi connectivity index (χ3n) is 5.89. The Hall–Kier alpha value is -1.57. The van der Waals surface area contributed by atoms with Crippen molar-refractivity contribution in [2.75, 3.05) is 73.2 Å². The van der Waals surface area contributed by atoms with Crippen LogP contribution in [0.1, 0.15) is 44.8 Å². The minimum Gasteiger partial charge on any atom is -0.469 e. The minimum absolute atomic E-state index is 0.771. The molecule has 1 N–H and O–H groups in total. The second kappa shape index (κ2) is 16.1. The monoisotopic (exact) mass is 436 g/mol. The van der Waals surface area contributed by atoms with E-state index >= 15 is 0 Å². The molecule has 2 rings (SSSR count). The highest BCUT2D eigenvalue weighted by atomic mass is 16.5. The van der Waals surface area contributed by atoms with Crippen molar-refractivity contribution in [1.29, 1.82) is 0 Å². The molecule has 1 aromatic heterocycles. The van der Waals surface area contributed by atoms with E-state index in [4.69, 9.17) is 18.9 Å². The highest BCUT2D eigenvalue weighted by Gasteiger charge is 2.21. The zero-order valence-corrected chi connectivity index (χ0v) is 20.0. The molecule has 1 aliphatic rings. The fourth-order valence-corrected chi connectivity index (χ4v) is 3.96. The summed E-state index contributed by atoms with van der Waals surface area (Å²) in [7, 11) is 3.95. The summed E-state index contributed by atoms with van der Waals surface area (Å²) in [5.41, 5.74) is 0. The first kappa shape index (κ1) is 25.7. The molecule has 0 radical (unpaired) electrons. The lowest BCUT2D eigenvalue weighted by molar-refractivity contribution is 0.146. The van der Waals surface area contributed by atoms with Gasteiger partial charge in [-0.1, -0.05) is 0 Å². The lowest BCUT2D eigenvalue weighted by Gasteiger charge is -2.34. The molecule has 1 fully saturated rings. The van der Waals surface area contributed by atoms with Crippen LogP contribution in [0.25, 0.3) is 0 Å². The quantitative estimate of drug-likeness (QED) is 0.259. The van der Waals surface area contributed by atoms with Crippen molar-refractivity contribution in [2.24, 2.45) is 10.9 Å².